The van der Waals surface area contributed by atoms with Gasteiger partial charge in [0.15, 0.2) is 6.29 Å². The molecule has 0 radical (unpaired) electrons. The second kappa shape index (κ2) is 41.7. The van der Waals surface area contributed by atoms with E-state index in [-0.39, 0.29) is 12.5 Å². The third kappa shape index (κ3) is 31.5. The highest BCUT2D eigenvalue weighted by Gasteiger charge is 2.44. The summed E-state index contributed by atoms with van der Waals surface area (Å²) in [6, 6.07) is -0.804. The normalized spacial score (nSPS) is 20.7. The molecule has 354 valence electrons. The number of rotatable bonds is 43. The van der Waals surface area contributed by atoms with Crippen molar-refractivity contribution < 1.29 is 39.8 Å². The van der Waals surface area contributed by atoms with E-state index < -0.39 is 49.5 Å². The van der Waals surface area contributed by atoms with Crippen molar-refractivity contribution in [3.63, 3.8) is 0 Å². The molecule has 1 rings (SSSR count). The molecule has 0 spiro atoms. The molecule has 9 nitrogen and oxygen atoms in total. The van der Waals surface area contributed by atoms with Gasteiger partial charge >= 0.3 is 0 Å². The second-order valence-electron chi connectivity index (χ2n) is 18.0. The third-order valence-electron chi connectivity index (χ3n) is 12.3. The van der Waals surface area contributed by atoms with Crippen LogP contribution in [0, 0.1) is 0 Å². The highest BCUT2D eigenvalue weighted by Crippen LogP contribution is 2.23. The SMILES string of the molecule is CCCCCC/C=C\CCCCCCCCCC(=O)NC(COC1OC(CO)C(O)C(O)C1O)C(O)/C=C/CCCCCCCCCCCCCCCCCCCCCC. The zero-order chi connectivity index (χ0) is 43.7. The van der Waals surface area contributed by atoms with Crippen molar-refractivity contribution in [2.75, 3.05) is 13.2 Å². The van der Waals surface area contributed by atoms with Gasteiger partial charge in [0.05, 0.1) is 25.4 Å². The molecular weight excluding hydrogens is 755 g/mol. The molecule has 9 heteroatoms. The summed E-state index contributed by atoms with van der Waals surface area (Å²) in [6.07, 6.45) is 43.7. The van der Waals surface area contributed by atoms with Crippen LogP contribution in [0.3, 0.4) is 0 Å². The summed E-state index contributed by atoms with van der Waals surface area (Å²) < 4.78 is 11.2. The molecule has 0 bridgehead atoms. The van der Waals surface area contributed by atoms with Crippen molar-refractivity contribution in [2.45, 2.75) is 281 Å². The Morgan fingerprint density at radius 1 is 0.550 bits per heavy atom. The molecule has 7 unspecified atom stereocenters. The van der Waals surface area contributed by atoms with Crippen molar-refractivity contribution in [3.8, 4) is 0 Å². The van der Waals surface area contributed by atoms with Crippen molar-refractivity contribution in [3.05, 3.63) is 24.3 Å². The maximum absolute atomic E-state index is 13.0. The summed E-state index contributed by atoms with van der Waals surface area (Å²) in [5.74, 6) is -0.180. The zero-order valence-electron chi connectivity index (χ0n) is 39.0. The van der Waals surface area contributed by atoms with E-state index in [9.17, 15) is 30.3 Å². The van der Waals surface area contributed by atoms with Gasteiger partial charge in [-0.05, 0) is 44.9 Å². The van der Waals surface area contributed by atoms with Crippen LogP contribution in [-0.4, -0.2) is 87.5 Å². The smallest absolute Gasteiger partial charge is 0.220 e. The Morgan fingerprint density at radius 2 is 0.933 bits per heavy atom. The number of hydrogen-bond donors (Lipinski definition) is 6. The second-order valence-corrected chi connectivity index (χ2v) is 18.0. The summed E-state index contributed by atoms with van der Waals surface area (Å²) in [6.45, 7) is 3.78. The van der Waals surface area contributed by atoms with Gasteiger partial charge in [-0.25, -0.2) is 0 Å². The monoisotopic (exact) mass is 852 g/mol. The molecule has 1 heterocycles. The van der Waals surface area contributed by atoms with E-state index in [1.54, 1.807) is 6.08 Å². The van der Waals surface area contributed by atoms with Gasteiger partial charge in [-0.3, -0.25) is 4.79 Å². The average Bonchev–Trinajstić information content (AvgIpc) is 3.25. The van der Waals surface area contributed by atoms with Crippen molar-refractivity contribution >= 4 is 5.91 Å². The fourth-order valence-electron chi connectivity index (χ4n) is 8.15. The number of ether oxygens (including phenoxy) is 2. The van der Waals surface area contributed by atoms with Crippen molar-refractivity contribution in [1.82, 2.24) is 5.32 Å². The summed E-state index contributed by atoms with van der Waals surface area (Å²) in [4.78, 5) is 13.0. The van der Waals surface area contributed by atoms with Crippen LogP contribution < -0.4 is 5.32 Å². The quantitative estimate of drug-likeness (QED) is 0.0262. The van der Waals surface area contributed by atoms with Gasteiger partial charge in [0, 0.05) is 6.42 Å². The van der Waals surface area contributed by atoms with Crippen LogP contribution in [0.15, 0.2) is 24.3 Å². The predicted octanol–water partition coefficient (Wildman–Crippen LogP) is 11.5. The minimum absolute atomic E-state index is 0.180. The number of carbonyl (C=O) groups is 1. The molecule has 7 atom stereocenters. The Hall–Kier alpha value is -1.33. The molecule has 60 heavy (non-hydrogen) atoms. The van der Waals surface area contributed by atoms with E-state index in [0.29, 0.717) is 6.42 Å². The first-order valence-corrected chi connectivity index (χ1v) is 25.6. The molecule has 0 aromatic heterocycles. The van der Waals surface area contributed by atoms with E-state index in [1.165, 1.54) is 173 Å². The van der Waals surface area contributed by atoms with Crippen LogP contribution in [0.4, 0.5) is 0 Å². The topological polar surface area (TPSA) is 149 Å². The molecular formula is C51H97NO8. The number of carbonyl (C=O) groups excluding carboxylic acids is 1. The molecule has 1 aliphatic rings. The first-order chi connectivity index (χ1) is 29.3. The molecule has 0 aromatic carbocycles. The molecule has 6 N–H and O–H groups in total. The number of aliphatic hydroxyl groups is 5. The molecule has 1 saturated heterocycles. The fraction of sp³-hybridized carbons (Fsp3) is 0.902. The fourth-order valence-corrected chi connectivity index (χ4v) is 8.15. The maximum atomic E-state index is 13.0. The zero-order valence-corrected chi connectivity index (χ0v) is 39.0. The minimum atomic E-state index is -1.57. The van der Waals surface area contributed by atoms with E-state index in [1.807, 2.05) is 6.08 Å². The van der Waals surface area contributed by atoms with E-state index >= 15 is 0 Å². The van der Waals surface area contributed by atoms with E-state index in [0.717, 1.165) is 44.9 Å². The lowest BCUT2D eigenvalue weighted by atomic mass is 9.99. The van der Waals surface area contributed by atoms with Gasteiger partial charge in [0.1, 0.15) is 24.4 Å². The Balaban J connectivity index is 2.29. The molecule has 1 amide bonds. The van der Waals surface area contributed by atoms with Gasteiger partial charge in [0.2, 0.25) is 5.91 Å². The first-order valence-electron chi connectivity index (χ1n) is 25.6. The first kappa shape index (κ1) is 56.7. The number of allylic oxidation sites excluding steroid dienone is 3. The minimum Gasteiger partial charge on any atom is -0.394 e. The number of aliphatic hydroxyl groups excluding tert-OH is 5. The average molecular weight is 852 g/mol. The third-order valence-corrected chi connectivity index (χ3v) is 12.3. The number of unbranched alkanes of at least 4 members (excludes halogenated alkanes) is 31. The van der Waals surface area contributed by atoms with Crippen molar-refractivity contribution in [2.24, 2.45) is 0 Å². The van der Waals surface area contributed by atoms with Gasteiger partial charge < -0.3 is 40.3 Å². The molecule has 1 aliphatic heterocycles. The Bertz CT molecular complexity index is 992. The van der Waals surface area contributed by atoms with Crippen LogP contribution in [-0.2, 0) is 14.3 Å². The summed E-state index contributed by atoms with van der Waals surface area (Å²) >= 11 is 0. The van der Waals surface area contributed by atoms with Crippen LogP contribution in [0.25, 0.3) is 0 Å². The van der Waals surface area contributed by atoms with Crippen LogP contribution in [0.2, 0.25) is 0 Å². The van der Waals surface area contributed by atoms with Crippen molar-refractivity contribution in [1.29, 1.82) is 0 Å². The van der Waals surface area contributed by atoms with Gasteiger partial charge in [-0.2, -0.15) is 0 Å². The number of amides is 1. The molecule has 0 aromatic rings. The Labute approximate surface area is 369 Å². The van der Waals surface area contributed by atoms with E-state index in [2.05, 4.69) is 31.3 Å². The largest absolute Gasteiger partial charge is 0.394 e. The molecule has 1 fully saturated rings. The summed E-state index contributed by atoms with van der Waals surface area (Å²) in [7, 11) is 0. The highest BCUT2D eigenvalue weighted by molar-refractivity contribution is 5.76. The number of nitrogens with one attached hydrogen (secondary N) is 1. The lowest BCUT2D eigenvalue weighted by Gasteiger charge is -2.40. The Morgan fingerprint density at radius 3 is 1.37 bits per heavy atom. The maximum Gasteiger partial charge on any atom is 0.220 e. The lowest BCUT2D eigenvalue weighted by Crippen LogP contribution is -2.60. The summed E-state index contributed by atoms with van der Waals surface area (Å²) in [5.41, 5.74) is 0. The predicted molar refractivity (Wildman–Crippen MR) is 249 cm³/mol. The molecule has 0 saturated carbocycles. The van der Waals surface area contributed by atoms with Crippen LogP contribution >= 0.6 is 0 Å². The van der Waals surface area contributed by atoms with Crippen LogP contribution in [0.5, 0.6) is 0 Å². The van der Waals surface area contributed by atoms with Gasteiger partial charge in [-0.1, -0.05) is 212 Å². The summed E-state index contributed by atoms with van der Waals surface area (Å²) in [5, 5.41) is 54.3. The lowest BCUT2D eigenvalue weighted by molar-refractivity contribution is -0.302. The standard InChI is InChI=1S/C51H97NO8/c1-3-5-7-9-11-13-15-17-19-20-21-22-23-24-25-27-28-30-32-34-36-38-40-45(54)44(43-59-51-50(58)49(57)48(56)46(42-53)60-51)52-47(55)41-39-37-35-33-31-29-26-18-16-14-12-10-8-6-4-2/h14,16,38,40,44-46,48-51,53-54,56-58H,3-13,15,17-37,39,41-43H2,1-2H3,(H,52,55)/b16-14-,40-38+. The van der Waals surface area contributed by atoms with Crippen LogP contribution in [0.1, 0.15) is 239 Å². The Kier molecular flexibility index (Phi) is 39.4. The number of hydrogen-bond acceptors (Lipinski definition) is 8. The van der Waals surface area contributed by atoms with Gasteiger partial charge in [-0.15, -0.1) is 0 Å². The van der Waals surface area contributed by atoms with Gasteiger partial charge in [0.25, 0.3) is 0 Å². The van der Waals surface area contributed by atoms with E-state index in [4.69, 9.17) is 9.47 Å². The molecule has 0 aliphatic carbocycles. The highest BCUT2D eigenvalue weighted by atomic mass is 16.7.